The maximum atomic E-state index is 13.4. The molecule has 19 heavy (non-hydrogen) atoms. The van der Waals surface area contributed by atoms with Crippen molar-refractivity contribution < 1.29 is 9.13 Å². The van der Waals surface area contributed by atoms with Crippen LogP contribution in [0, 0.1) is 12.7 Å². The molecule has 1 aromatic carbocycles. The molecular weight excluding hydrogens is 243 g/mol. The van der Waals surface area contributed by atoms with Crippen molar-refractivity contribution >= 4 is 0 Å². The molecule has 1 aliphatic heterocycles. The molecule has 0 amide bonds. The number of hydrogen-bond donors (Lipinski definition) is 1. The van der Waals surface area contributed by atoms with Crippen molar-refractivity contribution in [2.24, 2.45) is 5.73 Å². The Morgan fingerprint density at radius 3 is 2.53 bits per heavy atom. The molecule has 2 rings (SSSR count). The second-order valence-corrected chi connectivity index (χ2v) is 5.47. The molecule has 1 aliphatic rings. The van der Waals surface area contributed by atoms with E-state index in [1.807, 2.05) is 12.1 Å². The summed E-state index contributed by atoms with van der Waals surface area (Å²) >= 11 is 0. The third kappa shape index (κ3) is 3.32. The van der Waals surface area contributed by atoms with Crippen LogP contribution in [0.1, 0.15) is 31.0 Å². The summed E-state index contributed by atoms with van der Waals surface area (Å²) in [6.45, 7) is 8.20. The van der Waals surface area contributed by atoms with E-state index in [2.05, 4.69) is 18.7 Å². The summed E-state index contributed by atoms with van der Waals surface area (Å²) in [5.41, 5.74) is 7.70. The van der Waals surface area contributed by atoms with E-state index in [1.165, 1.54) is 6.07 Å². The lowest BCUT2D eigenvalue weighted by atomic mass is 10.0. The van der Waals surface area contributed by atoms with Crippen molar-refractivity contribution in [3.8, 4) is 0 Å². The normalized spacial score (nSPS) is 26.4. The smallest absolute Gasteiger partial charge is 0.126 e. The highest BCUT2D eigenvalue weighted by Gasteiger charge is 2.28. The first-order valence-electron chi connectivity index (χ1n) is 6.87. The van der Waals surface area contributed by atoms with Crippen molar-refractivity contribution in [3.63, 3.8) is 0 Å². The van der Waals surface area contributed by atoms with Gasteiger partial charge in [0, 0.05) is 25.7 Å². The van der Waals surface area contributed by atoms with E-state index in [1.54, 1.807) is 6.92 Å². The van der Waals surface area contributed by atoms with Crippen molar-refractivity contribution in [3.05, 3.63) is 35.1 Å². The van der Waals surface area contributed by atoms with E-state index >= 15 is 0 Å². The first kappa shape index (κ1) is 14.4. The van der Waals surface area contributed by atoms with E-state index in [0.717, 1.165) is 18.7 Å². The maximum Gasteiger partial charge on any atom is 0.126 e. The highest BCUT2D eigenvalue weighted by Crippen LogP contribution is 2.25. The highest BCUT2D eigenvalue weighted by atomic mass is 19.1. The molecule has 4 heteroatoms. The molecule has 0 aromatic heterocycles. The molecule has 1 saturated heterocycles. The molecule has 0 bridgehead atoms. The molecule has 0 spiro atoms. The van der Waals surface area contributed by atoms with Crippen molar-refractivity contribution in [1.82, 2.24) is 4.90 Å². The van der Waals surface area contributed by atoms with Crippen LogP contribution in [0.5, 0.6) is 0 Å². The first-order chi connectivity index (χ1) is 9.01. The van der Waals surface area contributed by atoms with Gasteiger partial charge in [-0.3, -0.25) is 4.90 Å². The van der Waals surface area contributed by atoms with Crippen LogP contribution in [0.2, 0.25) is 0 Å². The van der Waals surface area contributed by atoms with Gasteiger partial charge in [-0.05, 0) is 38.0 Å². The molecule has 1 aromatic rings. The van der Waals surface area contributed by atoms with Crippen LogP contribution in [0.15, 0.2) is 18.2 Å². The number of hydrogen-bond acceptors (Lipinski definition) is 3. The minimum atomic E-state index is -0.164. The van der Waals surface area contributed by atoms with Gasteiger partial charge in [0.1, 0.15) is 5.82 Å². The van der Waals surface area contributed by atoms with Crippen LogP contribution in [-0.2, 0) is 4.74 Å². The van der Waals surface area contributed by atoms with Crippen molar-refractivity contribution in [2.45, 2.75) is 39.0 Å². The lowest BCUT2D eigenvalue weighted by Crippen LogP contribution is -2.48. The fourth-order valence-electron chi connectivity index (χ4n) is 2.84. The lowest BCUT2D eigenvalue weighted by Gasteiger charge is -2.40. The third-order valence-corrected chi connectivity index (χ3v) is 3.68. The SMILES string of the molecule is Cc1cc(C(CN)N2CC(C)OC(C)C2)ccc1F. The van der Waals surface area contributed by atoms with Crippen LogP contribution < -0.4 is 5.73 Å². The number of rotatable bonds is 3. The molecule has 0 aliphatic carbocycles. The largest absolute Gasteiger partial charge is 0.373 e. The summed E-state index contributed by atoms with van der Waals surface area (Å²) in [6, 6.07) is 5.40. The molecular formula is C15H23FN2O. The Morgan fingerprint density at radius 1 is 1.37 bits per heavy atom. The van der Waals surface area contributed by atoms with Crippen LogP contribution in [0.4, 0.5) is 4.39 Å². The van der Waals surface area contributed by atoms with Gasteiger partial charge in [0.15, 0.2) is 0 Å². The zero-order valence-corrected chi connectivity index (χ0v) is 11.9. The number of aryl methyl sites for hydroxylation is 1. The van der Waals surface area contributed by atoms with Gasteiger partial charge in [0.05, 0.1) is 12.2 Å². The lowest BCUT2D eigenvalue weighted by molar-refractivity contribution is -0.0799. The van der Waals surface area contributed by atoms with Gasteiger partial charge >= 0.3 is 0 Å². The summed E-state index contributed by atoms with van der Waals surface area (Å²) < 4.78 is 19.1. The molecule has 1 heterocycles. The predicted molar refractivity (Wildman–Crippen MR) is 74.5 cm³/mol. The summed E-state index contributed by atoms with van der Waals surface area (Å²) in [7, 11) is 0. The van der Waals surface area contributed by atoms with Gasteiger partial charge in [-0.1, -0.05) is 12.1 Å². The number of halogens is 1. The summed E-state index contributed by atoms with van der Waals surface area (Å²) in [4.78, 5) is 2.34. The molecule has 106 valence electrons. The van der Waals surface area contributed by atoms with Crippen molar-refractivity contribution in [1.29, 1.82) is 0 Å². The number of morpholine rings is 1. The minimum Gasteiger partial charge on any atom is -0.373 e. The minimum absolute atomic E-state index is 0.132. The predicted octanol–water partition coefficient (Wildman–Crippen LogP) is 2.24. The molecule has 2 N–H and O–H groups in total. The third-order valence-electron chi connectivity index (χ3n) is 3.68. The van der Waals surface area contributed by atoms with Gasteiger partial charge in [-0.25, -0.2) is 4.39 Å². The number of nitrogens with zero attached hydrogens (tertiary/aromatic N) is 1. The van der Waals surface area contributed by atoms with Gasteiger partial charge in [0.25, 0.3) is 0 Å². The van der Waals surface area contributed by atoms with E-state index < -0.39 is 0 Å². The molecule has 0 radical (unpaired) electrons. The number of ether oxygens (including phenoxy) is 1. The van der Waals surface area contributed by atoms with Crippen LogP contribution in [0.25, 0.3) is 0 Å². The molecule has 3 nitrogen and oxygen atoms in total. The zero-order chi connectivity index (χ0) is 14.0. The Kier molecular flexibility index (Phi) is 4.55. The van der Waals surface area contributed by atoms with Gasteiger partial charge in [-0.15, -0.1) is 0 Å². The summed E-state index contributed by atoms with van der Waals surface area (Å²) in [5, 5.41) is 0. The summed E-state index contributed by atoms with van der Waals surface area (Å²) in [5.74, 6) is -0.164. The van der Waals surface area contributed by atoms with Crippen LogP contribution in [0.3, 0.4) is 0 Å². The second-order valence-electron chi connectivity index (χ2n) is 5.47. The average Bonchev–Trinajstić information content (AvgIpc) is 2.33. The molecule has 1 fully saturated rings. The fraction of sp³-hybridized carbons (Fsp3) is 0.600. The topological polar surface area (TPSA) is 38.5 Å². The van der Waals surface area contributed by atoms with E-state index in [4.69, 9.17) is 10.5 Å². The maximum absolute atomic E-state index is 13.4. The number of benzene rings is 1. The number of nitrogens with two attached hydrogens (primary N) is 1. The fourth-order valence-corrected chi connectivity index (χ4v) is 2.84. The Balaban J connectivity index is 2.21. The standard InChI is InChI=1S/C15H23FN2O/c1-10-6-13(4-5-14(10)16)15(7-17)18-8-11(2)19-12(3)9-18/h4-6,11-12,15H,7-9,17H2,1-3H3. The van der Waals surface area contributed by atoms with Gasteiger partial charge in [-0.2, -0.15) is 0 Å². The van der Waals surface area contributed by atoms with Gasteiger partial charge in [0.2, 0.25) is 0 Å². The Morgan fingerprint density at radius 2 is 2.00 bits per heavy atom. The first-order valence-corrected chi connectivity index (χ1v) is 6.87. The van der Waals surface area contributed by atoms with Crippen molar-refractivity contribution in [2.75, 3.05) is 19.6 Å². The molecule has 0 saturated carbocycles. The van der Waals surface area contributed by atoms with Gasteiger partial charge < -0.3 is 10.5 Å². The average molecular weight is 266 g/mol. The Bertz CT molecular complexity index is 428. The Hall–Kier alpha value is -0.970. The van der Waals surface area contributed by atoms with Crippen LogP contribution in [-0.4, -0.2) is 36.7 Å². The zero-order valence-electron chi connectivity index (χ0n) is 11.9. The van der Waals surface area contributed by atoms with E-state index in [-0.39, 0.29) is 24.1 Å². The molecule has 3 unspecified atom stereocenters. The quantitative estimate of drug-likeness (QED) is 0.912. The summed E-state index contributed by atoms with van der Waals surface area (Å²) in [6.07, 6.45) is 0.415. The van der Waals surface area contributed by atoms with E-state index in [0.29, 0.717) is 12.1 Å². The highest BCUT2D eigenvalue weighted by molar-refractivity contribution is 5.27. The van der Waals surface area contributed by atoms with E-state index in [9.17, 15) is 4.39 Å². The molecule has 3 atom stereocenters. The second kappa shape index (κ2) is 5.99. The monoisotopic (exact) mass is 266 g/mol. The Labute approximate surface area is 114 Å². The van der Waals surface area contributed by atoms with Crippen LogP contribution >= 0.6 is 0 Å².